The standard InChI is InChI=1S/C21H26N4O2S2/c1-5-7-18-10-15(12-28-18)20-23-24-21(25(20)14(2)3)29-13-19(26)22-16-8-6-9-17(11-16)27-4/h6,8-12,14H,5,7,13H2,1-4H3,(H,22,26). The molecule has 3 rings (SSSR count). The molecular weight excluding hydrogens is 404 g/mol. The van der Waals surface area contributed by atoms with Crippen molar-refractivity contribution in [2.45, 2.75) is 44.8 Å². The second-order valence-electron chi connectivity index (χ2n) is 6.89. The number of anilines is 1. The zero-order valence-corrected chi connectivity index (χ0v) is 18.8. The summed E-state index contributed by atoms with van der Waals surface area (Å²) in [6, 6.07) is 9.70. The Labute approximate surface area is 179 Å². The van der Waals surface area contributed by atoms with Crippen LogP contribution in [0.1, 0.15) is 38.1 Å². The molecule has 29 heavy (non-hydrogen) atoms. The Hall–Kier alpha value is -2.32. The molecule has 0 unspecified atom stereocenters. The molecule has 0 saturated heterocycles. The lowest BCUT2D eigenvalue weighted by atomic mass is 10.2. The van der Waals surface area contributed by atoms with Crippen molar-refractivity contribution in [1.29, 1.82) is 0 Å². The molecule has 2 aromatic heterocycles. The van der Waals surface area contributed by atoms with Crippen molar-refractivity contribution < 1.29 is 9.53 Å². The first-order valence-electron chi connectivity index (χ1n) is 9.61. The summed E-state index contributed by atoms with van der Waals surface area (Å²) in [6.45, 7) is 6.39. The number of carbonyl (C=O) groups excluding carboxylic acids is 1. The number of aromatic nitrogens is 3. The molecule has 0 saturated carbocycles. The predicted molar refractivity (Wildman–Crippen MR) is 120 cm³/mol. The van der Waals surface area contributed by atoms with Crippen molar-refractivity contribution in [3.05, 3.63) is 40.6 Å². The molecule has 0 fully saturated rings. The van der Waals surface area contributed by atoms with Crippen LogP contribution < -0.4 is 10.1 Å². The van der Waals surface area contributed by atoms with Gasteiger partial charge in [0, 0.05) is 33.6 Å². The van der Waals surface area contributed by atoms with Gasteiger partial charge >= 0.3 is 0 Å². The molecule has 0 spiro atoms. The maximum Gasteiger partial charge on any atom is 0.234 e. The predicted octanol–water partition coefficient (Wildman–Crippen LogP) is 5.28. The lowest BCUT2D eigenvalue weighted by molar-refractivity contribution is -0.113. The van der Waals surface area contributed by atoms with Crippen LogP contribution in [0.4, 0.5) is 5.69 Å². The molecule has 0 atom stereocenters. The molecule has 0 aliphatic heterocycles. The van der Waals surface area contributed by atoms with Gasteiger partial charge in [-0.25, -0.2) is 0 Å². The first kappa shape index (κ1) is 21.4. The van der Waals surface area contributed by atoms with E-state index in [4.69, 9.17) is 4.74 Å². The largest absolute Gasteiger partial charge is 0.497 e. The van der Waals surface area contributed by atoms with Crippen LogP contribution in [0, 0.1) is 0 Å². The van der Waals surface area contributed by atoms with Gasteiger partial charge in [0.25, 0.3) is 0 Å². The van der Waals surface area contributed by atoms with E-state index in [1.165, 1.54) is 16.6 Å². The number of hydrogen-bond acceptors (Lipinski definition) is 6. The normalized spacial score (nSPS) is 11.1. The van der Waals surface area contributed by atoms with Gasteiger partial charge in [-0.15, -0.1) is 21.5 Å². The van der Waals surface area contributed by atoms with Crippen molar-refractivity contribution in [2.24, 2.45) is 0 Å². The summed E-state index contributed by atoms with van der Waals surface area (Å²) in [6.07, 6.45) is 2.20. The van der Waals surface area contributed by atoms with Crippen LogP contribution in [0.5, 0.6) is 5.75 Å². The maximum atomic E-state index is 12.4. The molecule has 1 aromatic carbocycles. The van der Waals surface area contributed by atoms with Crippen molar-refractivity contribution in [1.82, 2.24) is 14.8 Å². The molecule has 0 bridgehead atoms. The molecule has 0 radical (unpaired) electrons. The van der Waals surface area contributed by atoms with Crippen LogP contribution in [0.25, 0.3) is 11.4 Å². The number of carbonyl (C=O) groups is 1. The van der Waals surface area contributed by atoms with Gasteiger partial charge < -0.3 is 10.1 Å². The minimum Gasteiger partial charge on any atom is -0.497 e. The fourth-order valence-electron chi connectivity index (χ4n) is 2.94. The van der Waals surface area contributed by atoms with E-state index in [0.29, 0.717) is 11.4 Å². The van der Waals surface area contributed by atoms with Crippen LogP contribution in [-0.2, 0) is 11.2 Å². The number of amides is 1. The lowest BCUT2D eigenvalue weighted by Crippen LogP contribution is -2.15. The van der Waals surface area contributed by atoms with Crippen molar-refractivity contribution in [3.63, 3.8) is 0 Å². The zero-order valence-electron chi connectivity index (χ0n) is 17.1. The third kappa shape index (κ3) is 5.39. The molecular formula is C21H26N4O2S2. The fourth-order valence-corrected chi connectivity index (χ4v) is 4.78. The molecule has 8 heteroatoms. The summed E-state index contributed by atoms with van der Waals surface area (Å²) >= 11 is 3.15. The topological polar surface area (TPSA) is 69.0 Å². The highest BCUT2D eigenvalue weighted by Gasteiger charge is 2.19. The molecule has 154 valence electrons. The number of ether oxygens (including phenoxy) is 1. The highest BCUT2D eigenvalue weighted by Crippen LogP contribution is 2.31. The van der Waals surface area contributed by atoms with Crippen molar-refractivity contribution in [2.75, 3.05) is 18.2 Å². The van der Waals surface area contributed by atoms with Crippen LogP contribution in [-0.4, -0.2) is 33.5 Å². The second-order valence-corrected chi connectivity index (χ2v) is 8.83. The molecule has 1 amide bonds. The SMILES string of the molecule is CCCc1cc(-c2nnc(SCC(=O)Nc3cccc(OC)c3)n2C(C)C)cs1. The van der Waals surface area contributed by atoms with Gasteiger partial charge in [0.1, 0.15) is 5.75 Å². The minimum atomic E-state index is -0.0936. The van der Waals surface area contributed by atoms with E-state index >= 15 is 0 Å². The number of methoxy groups -OCH3 is 1. The number of benzene rings is 1. The van der Waals surface area contributed by atoms with Gasteiger partial charge in [-0.05, 0) is 38.5 Å². The van der Waals surface area contributed by atoms with Crippen LogP contribution in [0.15, 0.2) is 40.9 Å². The molecule has 0 aliphatic rings. The van der Waals surface area contributed by atoms with E-state index in [1.807, 2.05) is 18.2 Å². The van der Waals surface area contributed by atoms with Gasteiger partial charge in [-0.1, -0.05) is 31.2 Å². The first-order valence-corrected chi connectivity index (χ1v) is 11.5. The summed E-state index contributed by atoms with van der Waals surface area (Å²) < 4.78 is 7.29. The number of nitrogens with one attached hydrogen (secondary N) is 1. The smallest absolute Gasteiger partial charge is 0.234 e. The van der Waals surface area contributed by atoms with Crippen molar-refractivity contribution in [3.8, 4) is 17.1 Å². The lowest BCUT2D eigenvalue weighted by Gasteiger charge is -2.13. The molecule has 2 heterocycles. The number of rotatable bonds is 9. The zero-order chi connectivity index (χ0) is 20.8. The molecule has 6 nitrogen and oxygen atoms in total. The highest BCUT2D eigenvalue weighted by molar-refractivity contribution is 7.99. The number of thiophene rings is 1. The fraction of sp³-hybridized carbons (Fsp3) is 0.381. The quantitative estimate of drug-likeness (QED) is 0.468. The number of hydrogen-bond donors (Lipinski definition) is 1. The van der Waals surface area contributed by atoms with Crippen LogP contribution >= 0.6 is 23.1 Å². The monoisotopic (exact) mass is 430 g/mol. The third-order valence-corrected chi connectivity index (χ3v) is 6.21. The first-order chi connectivity index (χ1) is 14.0. The third-order valence-electron chi connectivity index (χ3n) is 4.28. The number of thioether (sulfide) groups is 1. The van der Waals surface area contributed by atoms with Gasteiger partial charge in [0.2, 0.25) is 5.91 Å². The summed E-state index contributed by atoms with van der Waals surface area (Å²) in [5, 5.41) is 14.6. The number of aryl methyl sites for hydroxylation is 1. The van der Waals surface area contributed by atoms with Crippen LogP contribution in [0.3, 0.4) is 0 Å². The Morgan fingerprint density at radius 3 is 2.86 bits per heavy atom. The average Bonchev–Trinajstić information content (AvgIpc) is 3.33. The van der Waals surface area contributed by atoms with E-state index in [0.717, 1.165) is 29.4 Å². The van der Waals surface area contributed by atoms with E-state index in [9.17, 15) is 4.79 Å². The van der Waals surface area contributed by atoms with Gasteiger partial charge in [0.15, 0.2) is 11.0 Å². The summed E-state index contributed by atoms with van der Waals surface area (Å²) in [4.78, 5) is 13.7. The maximum absolute atomic E-state index is 12.4. The summed E-state index contributed by atoms with van der Waals surface area (Å²) in [5.74, 6) is 1.73. The van der Waals surface area contributed by atoms with Gasteiger partial charge in [-0.3, -0.25) is 9.36 Å². The van der Waals surface area contributed by atoms with Crippen molar-refractivity contribution >= 4 is 34.7 Å². The van der Waals surface area contributed by atoms with Gasteiger partial charge in [0.05, 0.1) is 12.9 Å². The van der Waals surface area contributed by atoms with E-state index in [1.54, 1.807) is 24.5 Å². The molecule has 0 aliphatic carbocycles. The van der Waals surface area contributed by atoms with E-state index in [-0.39, 0.29) is 17.7 Å². The van der Waals surface area contributed by atoms with E-state index < -0.39 is 0 Å². The Morgan fingerprint density at radius 1 is 1.31 bits per heavy atom. The highest BCUT2D eigenvalue weighted by atomic mass is 32.2. The Kier molecular flexibility index (Phi) is 7.33. The van der Waals surface area contributed by atoms with Crippen LogP contribution in [0.2, 0.25) is 0 Å². The van der Waals surface area contributed by atoms with Gasteiger partial charge in [-0.2, -0.15) is 0 Å². The average molecular weight is 431 g/mol. The molecule has 1 N–H and O–H groups in total. The van der Waals surface area contributed by atoms with E-state index in [2.05, 4.69) is 52.3 Å². The number of nitrogens with zero attached hydrogens (tertiary/aromatic N) is 3. The Balaban J connectivity index is 1.70. The Morgan fingerprint density at radius 2 is 2.14 bits per heavy atom. The minimum absolute atomic E-state index is 0.0936. The second kappa shape index (κ2) is 9.93. The Bertz CT molecular complexity index is 965. The molecule has 3 aromatic rings. The summed E-state index contributed by atoms with van der Waals surface area (Å²) in [5.41, 5.74) is 1.80. The summed E-state index contributed by atoms with van der Waals surface area (Å²) in [7, 11) is 1.60.